The molecule has 1 fully saturated rings. The van der Waals surface area contributed by atoms with Gasteiger partial charge in [0, 0.05) is 44.5 Å². The topological polar surface area (TPSA) is 42.8 Å². The maximum Gasteiger partial charge on any atom is 0.171 e. The number of alkyl halides is 1. The summed E-state index contributed by atoms with van der Waals surface area (Å²) in [5, 5.41) is 10.5. The standard InChI is InChI=1S/C29H47FN4O.2C2H6/c1-8-14-32(21-26(11-10-13-30)23(5)9-2)15-12-24(6)34-17-16-33(20-25(34)7)29-28(35)18-27(19-31-29)22(3)4;2*1-2/h10-11,18-19,24-25,35H,3,8-9,12-17,20-21H2,1-2,4-7H3;2*1-2H3/b11-10-,26-23+;;. The van der Waals surface area contributed by atoms with Gasteiger partial charge in [0.05, 0.1) is 0 Å². The van der Waals surface area contributed by atoms with Gasteiger partial charge in [-0.2, -0.15) is 0 Å². The Kier molecular flexibility index (Phi) is 19.5. The Bertz CT molecular complexity index is 882. The van der Waals surface area contributed by atoms with Crippen LogP contribution in [0.1, 0.15) is 94.1 Å². The van der Waals surface area contributed by atoms with E-state index >= 15 is 0 Å². The molecule has 1 N–H and O–H groups in total. The first-order chi connectivity index (χ1) is 18.7. The van der Waals surface area contributed by atoms with Crippen LogP contribution in [0.3, 0.4) is 0 Å². The normalized spacial score (nSPS) is 17.2. The van der Waals surface area contributed by atoms with E-state index in [1.54, 1.807) is 18.3 Å². The predicted octanol–water partition coefficient (Wildman–Crippen LogP) is 8.13. The molecule has 0 saturated carbocycles. The molecule has 39 heavy (non-hydrogen) atoms. The van der Waals surface area contributed by atoms with Gasteiger partial charge in [-0.05, 0) is 82.8 Å². The molecule has 2 heterocycles. The number of hydrogen-bond donors (Lipinski definition) is 1. The Morgan fingerprint density at radius 1 is 1.21 bits per heavy atom. The maximum absolute atomic E-state index is 12.8. The third kappa shape index (κ3) is 12.3. The van der Waals surface area contributed by atoms with Crippen molar-refractivity contribution in [2.45, 2.75) is 101 Å². The van der Waals surface area contributed by atoms with Gasteiger partial charge in [-0.3, -0.25) is 9.80 Å². The predicted molar refractivity (Wildman–Crippen MR) is 171 cm³/mol. The van der Waals surface area contributed by atoms with Gasteiger partial charge in [-0.25, -0.2) is 9.37 Å². The average Bonchev–Trinajstić information content (AvgIpc) is 2.95. The summed E-state index contributed by atoms with van der Waals surface area (Å²) in [6.45, 7) is 30.1. The first-order valence-electron chi connectivity index (χ1n) is 15.2. The molecule has 1 aromatic heterocycles. The second-order valence-corrected chi connectivity index (χ2v) is 10.0. The first kappa shape index (κ1) is 36.8. The van der Waals surface area contributed by atoms with E-state index in [0.29, 0.717) is 17.9 Å². The number of pyridine rings is 1. The SMILES string of the molecule is C=C(C)c1cnc(N2CCN(C(C)CCN(CCC)CC(/C=C\CF)=C(\C)CC)C(C)C2)c(O)c1.CC.CC. The van der Waals surface area contributed by atoms with Crippen LogP contribution >= 0.6 is 0 Å². The van der Waals surface area contributed by atoms with Gasteiger partial charge in [0.1, 0.15) is 6.67 Å². The van der Waals surface area contributed by atoms with Crippen LogP contribution in [-0.4, -0.2) is 77.9 Å². The second kappa shape index (κ2) is 20.7. The first-order valence-corrected chi connectivity index (χ1v) is 15.2. The van der Waals surface area contributed by atoms with Crippen molar-refractivity contribution in [2.24, 2.45) is 0 Å². The summed E-state index contributed by atoms with van der Waals surface area (Å²) in [6.07, 6.45) is 8.58. The zero-order valence-corrected chi connectivity index (χ0v) is 26.9. The number of aromatic hydroxyl groups is 1. The van der Waals surface area contributed by atoms with Gasteiger partial charge < -0.3 is 10.0 Å². The van der Waals surface area contributed by atoms with Gasteiger partial charge in [-0.15, -0.1) is 0 Å². The molecule has 2 unspecified atom stereocenters. The Hall–Kier alpha value is -2.18. The fraction of sp³-hybridized carbons (Fsp3) is 0.667. The molecular weight excluding hydrogens is 487 g/mol. The molecule has 1 aliphatic heterocycles. The molecule has 0 bridgehead atoms. The monoisotopic (exact) mass is 546 g/mol. The number of aromatic nitrogens is 1. The quantitative estimate of drug-likeness (QED) is 0.253. The van der Waals surface area contributed by atoms with Crippen LogP contribution < -0.4 is 4.90 Å². The molecule has 5 nitrogen and oxygen atoms in total. The van der Waals surface area contributed by atoms with Crippen molar-refractivity contribution >= 4 is 11.4 Å². The highest BCUT2D eigenvalue weighted by atomic mass is 19.1. The highest BCUT2D eigenvalue weighted by Crippen LogP contribution is 2.30. The Labute approximate surface area is 240 Å². The lowest BCUT2D eigenvalue weighted by Crippen LogP contribution is -2.55. The zero-order chi connectivity index (χ0) is 30.0. The van der Waals surface area contributed by atoms with Crippen molar-refractivity contribution in [3.05, 3.63) is 47.7 Å². The smallest absolute Gasteiger partial charge is 0.171 e. The van der Waals surface area contributed by atoms with Gasteiger partial charge in [0.25, 0.3) is 0 Å². The largest absolute Gasteiger partial charge is 0.504 e. The molecular formula is C33H59FN4O. The van der Waals surface area contributed by atoms with Gasteiger partial charge in [0.2, 0.25) is 0 Å². The summed E-state index contributed by atoms with van der Waals surface area (Å²) in [5.74, 6) is 0.887. The van der Waals surface area contributed by atoms with Crippen molar-refractivity contribution in [1.82, 2.24) is 14.8 Å². The van der Waals surface area contributed by atoms with Crippen LogP contribution in [0.4, 0.5) is 10.2 Å². The lowest BCUT2D eigenvalue weighted by Gasteiger charge is -2.44. The van der Waals surface area contributed by atoms with Crippen molar-refractivity contribution in [3.8, 4) is 5.75 Å². The number of rotatable bonds is 13. The van der Waals surface area contributed by atoms with Crippen LogP contribution in [-0.2, 0) is 0 Å². The van der Waals surface area contributed by atoms with Crippen molar-refractivity contribution in [1.29, 1.82) is 0 Å². The maximum atomic E-state index is 12.8. The molecule has 1 aromatic rings. The van der Waals surface area contributed by atoms with Crippen LogP contribution in [0, 0.1) is 0 Å². The molecule has 2 atom stereocenters. The van der Waals surface area contributed by atoms with E-state index in [1.807, 2.05) is 40.7 Å². The summed E-state index contributed by atoms with van der Waals surface area (Å²) in [5.41, 5.74) is 4.35. The molecule has 0 amide bonds. The minimum absolute atomic E-state index is 0.224. The van der Waals surface area contributed by atoms with Gasteiger partial charge >= 0.3 is 0 Å². The lowest BCUT2D eigenvalue weighted by molar-refractivity contribution is 0.121. The number of halogens is 1. The minimum Gasteiger partial charge on any atom is -0.504 e. The second-order valence-electron chi connectivity index (χ2n) is 10.0. The third-order valence-electron chi connectivity index (χ3n) is 7.17. The van der Waals surface area contributed by atoms with E-state index in [0.717, 1.165) is 69.7 Å². The fourth-order valence-electron chi connectivity index (χ4n) is 4.85. The van der Waals surface area contributed by atoms with E-state index in [1.165, 1.54) is 11.1 Å². The van der Waals surface area contributed by atoms with Crippen LogP contribution in [0.2, 0.25) is 0 Å². The minimum atomic E-state index is -0.416. The van der Waals surface area contributed by atoms with E-state index in [2.05, 4.69) is 60.9 Å². The Morgan fingerprint density at radius 3 is 2.38 bits per heavy atom. The Morgan fingerprint density at radius 2 is 1.87 bits per heavy atom. The molecule has 6 heteroatoms. The number of piperazine rings is 1. The summed E-state index contributed by atoms with van der Waals surface area (Å²) in [7, 11) is 0. The van der Waals surface area contributed by atoms with Gasteiger partial charge in [-0.1, -0.05) is 65.8 Å². The average molecular weight is 547 g/mol. The Balaban J connectivity index is 0.00000344. The zero-order valence-electron chi connectivity index (χ0n) is 26.9. The summed E-state index contributed by atoms with van der Waals surface area (Å²) >= 11 is 0. The molecule has 0 radical (unpaired) electrons. The molecule has 1 aliphatic rings. The van der Waals surface area contributed by atoms with E-state index < -0.39 is 6.67 Å². The summed E-state index contributed by atoms with van der Waals surface area (Å²) in [4.78, 5) is 11.8. The molecule has 0 aliphatic carbocycles. The van der Waals surface area contributed by atoms with Crippen molar-refractivity contribution in [2.75, 3.05) is 50.8 Å². The van der Waals surface area contributed by atoms with Gasteiger partial charge in [0.15, 0.2) is 11.6 Å². The fourth-order valence-corrected chi connectivity index (χ4v) is 4.85. The summed E-state index contributed by atoms with van der Waals surface area (Å²) < 4.78 is 12.8. The van der Waals surface area contributed by atoms with Crippen molar-refractivity contribution < 1.29 is 9.50 Å². The highest BCUT2D eigenvalue weighted by molar-refractivity contribution is 5.65. The molecule has 0 spiro atoms. The van der Waals surface area contributed by atoms with Crippen molar-refractivity contribution in [3.63, 3.8) is 0 Å². The molecule has 0 aromatic carbocycles. The van der Waals surface area contributed by atoms with E-state index in [-0.39, 0.29) is 5.75 Å². The summed E-state index contributed by atoms with van der Waals surface area (Å²) in [6, 6.07) is 2.59. The number of nitrogens with zero attached hydrogens (tertiary/aromatic N) is 4. The lowest BCUT2D eigenvalue weighted by atomic mass is 10.0. The molecule has 1 saturated heterocycles. The van der Waals surface area contributed by atoms with Crippen LogP contribution in [0.25, 0.3) is 5.57 Å². The highest BCUT2D eigenvalue weighted by Gasteiger charge is 2.29. The number of anilines is 1. The van der Waals surface area contributed by atoms with Crippen LogP contribution in [0.5, 0.6) is 5.75 Å². The third-order valence-corrected chi connectivity index (χ3v) is 7.17. The molecule has 224 valence electrons. The van der Waals surface area contributed by atoms with E-state index in [4.69, 9.17) is 0 Å². The number of hydrogen-bond acceptors (Lipinski definition) is 5. The molecule has 2 rings (SSSR count). The van der Waals surface area contributed by atoms with Crippen LogP contribution in [0.15, 0.2) is 42.1 Å². The number of allylic oxidation sites excluding steroid dienone is 3. The van der Waals surface area contributed by atoms with E-state index in [9.17, 15) is 9.50 Å².